The average Bonchev–Trinajstić information content (AvgIpc) is 3.21. The van der Waals surface area contributed by atoms with E-state index in [1.807, 2.05) is 12.1 Å². The molecule has 0 spiro atoms. The van der Waals surface area contributed by atoms with Gasteiger partial charge in [-0.05, 0) is 43.4 Å². The van der Waals surface area contributed by atoms with Crippen LogP contribution in [0.15, 0.2) is 22.8 Å². The fourth-order valence-electron chi connectivity index (χ4n) is 4.77. The number of hydrogen-bond acceptors (Lipinski definition) is 6. The van der Waals surface area contributed by atoms with Gasteiger partial charge in [-0.1, -0.05) is 19.3 Å². The first kappa shape index (κ1) is 19.1. The number of piperidine rings is 1. The number of ether oxygens (including phenoxy) is 3. The van der Waals surface area contributed by atoms with E-state index in [2.05, 4.69) is 4.90 Å². The molecule has 28 heavy (non-hydrogen) atoms. The minimum absolute atomic E-state index is 0.566. The molecule has 2 heterocycles. The molecule has 1 aliphatic carbocycles. The van der Waals surface area contributed by atoms with Crippen LogP contribution in [0.1, 0.15) is 37.8 Å². The highest BCUT2D eigenvalue weighted by Crippen LogP contribution is 2.41. The van der Waals surface area contributed by atoms with Crippen LogP contribution in [-0.4, -0.2) is 44.3 Å². The summed E-state index contributed by atoms with van der Waals surface area (Å²) >= 11 is 0. The van der Waals surface area contributed by atoms with Crippen molar-refractivity contribution in [1.29, 1.82) is 0 Å². The molecule has 4 rings (SSSR count). The predicted octanol–water partition coefficient (Wildman–Crippen LogP) is 4.38. The van der Waals surface area contributed by atoms with E-state index in [4.69, 9.17) is 23.6 Å². The molecule has 1 saturated heterocycles. The Bertz CT molecular complexity index is 779. The Morgan fingerprint density at radius 2 is 1.71 bits per heavy atom. The largest absolute Gasteiger partial charge is 0.493 e. The minimum Gasteiger partial charge on any atom is -0.493 e. The van der Waals surface area contributed by atoms with E-state index in [1.165, 1.54) is 38.6 Å². The van der Waals surface area contributed by atoms with Gasteiger partial charge in [-0.15, -0.1) is 0 Å². The highest BCUT2D eigenvalue weighted by atomic mass is 16.5. The van der Waals surface area contributed by atoms with Gasteiger partial charge in [0.25, 0.3) is 0 Å². The molecule has 2 unspecified atom stereocenters. The number of methoxy groups -OCH3 is 3. The zero-order valence-corrected chi connectivity index (χ0v) is 17.1. The van der Waals surface area contributed by atoms with Crippen molar-refractivity contribution in [2.24, 2.45) is 11.8 Å². The highest BCUT2D eigenvalue weighted by molar-refractivity contribution is 5.65. The lowest BCUT2D eigenvalue weighted by molar-refractivity contribution is 0.0812. The average molecular weight is 386 g/mol. The van der Waals surface area contributed by atoms with Crippen molar-refractivity contribution in [3.8, 4) is 28.7 Å². The molecule has 0 radical (unpaired) electrons. The van der Waals surface area contributed by atoms with Gasteiger partial charge in [0.1, 0.15) is 6.26 Å². The Balaban J connectivity index is 1.48. The van der Waals surface area contributed by atoms with Crippen molar-refractivity contribution in [2.45, 2.75) is 38.6 Å². The molecule has 2 fully saturated rings. The number of oxazole rings is 1. The summed E-state index contributed by atoms with van der Waals surface area (Å²) in [6.07, 6.45) is 8.71. The molecule has 1 aromatic heterocycles. The van der Waals surface area contributed by atoms with Gasteiger partial charge in [-0.2, -0.15) is 0 Å². The van der Waals surface area contributed by atoms with Crippen LogP contribution in [-0.2, 0) is 6.54 Å². The molecular weight excluding hydrogens is 356 g/mol. The van der Waals surface area contributed by atoms with Gasteiger partial charge >= 0.3 is 0 Å². The second-order valence-corrected chi connectivity index (χ2v) is 7.89. The second-order valence-electron chi connectivity index (χ2n) is 7.89. The van der Waals surface area contributed by atoms with Gasteiger partial charge in [0.15, 0.2) is 11.5 Å². The number of hydrogen-bond donors (Lipinski definition) is 0. The van der Waals surface area contributed by atoms with Crippen LogP contribution in [0.25, 0.3) is 11.5 Å². The van der Waals surface area contributed by atoms with Crippen LogP contribution in [0, 0.1) is 11.8 Å². The molecule has 2 aliphatic rings. The van der Waals surface area contributed by atoms with Gasteiger partial charge in [-0.3, -0.25) is 4.90 Å². The summed E-state index contributed by atoms with van der Waals surface area (Å²) in [7, 11) is 4.81. The van der Waals surface area contributed by atoms with Crippen molar-refractivity contribution in [2.75, 3.05) is 34.4 Å². The molecule has 6 nitrogen and oxygen atoms in total. The van der Waals surface area contributed by atoms with Gasteiger partial charge in [-0.25, -0.2) is 4.98 Å². The van der Waals surface area contributed by atoms with Crippen molar-refractivity contribution >= 4 is 0 Å². The van der Waals surface area contributed by atoms with Crippen molar-refractivity contribution in [3.63, 3.8) is 0 Å². The van der Waals surface area contributed by atoms with E-state index >= 15 is 0 Å². The molecule has 1 aliphatic heterocycles. The lowest BCUT2D eigenvalue weighted by atomic mass is 9.75. The summed E-state index contributed by atoms with van der Waals surface area (Å²) in [6.45, 7) is 3.20. The van der Waals surface area contributed by atoms with Crippen LogP contribution in [0.3, 0.4) is 0 Å². The summed E-state index contributed by atoms with van der Waals surface area (Å²) in [5, 5.41) is 0. The normalized spacial score (nSPS) is 22.5. The third kappa shape index (κ3) is 3.83. The number of benzene rings is 1. The molecular formula is C22H30N2O4. The third-order valence-electron chi connectivity index (χ3n) is 6.22. The summed E-state index contributed by atoms with van der Waals surface area (Å²) in [4.78, 5) is 7.26. The van der Waals surface area contributed by atoms with Crippen LogP contribution in [0.2, 0.25) is 0 Å². The zero-order valence-electron chi connectivity index (χ0n) is 17.1. The lowest BCUT2D eigenvalue weighted by Crippen LogP contribution is -2.41. The van der Waals surface area contributed by atoms with Gasteiger partial charge in [0, 0.05) is 18.7 Å². The SMILES string of the molecule is COc1cc(-c2nc(CN3CCC4CCCCC4C3)co2)cc(OC)c1OC. The first-order valence-electron chi connectivity index (χ1n) is 10.2. The quantitative estimate of drug-likeness (QED) is 0.734. The maximum Gasteiger partial charge on any atom is 0.226 e. The third-order valence-corrected chi connectivity index (χ3v) is 6.22. The van der Waals surface area contributed by atoms with E-state index in [-0.39, 0.29) is 0 Å². The Kier molecular flexibility index (Phi) is 5.76. The topological polar surface area (TPSA) is 57.0 Å². The van der Waals surface area contributed by atoms with Crippen LogP contribution in [0.5, 0.6) is 17.2 Å². The maximum atomic E-state index is 5.78. The van der Waals surface area contributed by atoms with Gasteiger partial charge in [0.05, 0.1) is 27.0 Å². The Morgan fingerprint density at radius 3 is 2.39 bits per heavy atom. The molecule has 1 aromatic carbocycles. The molecule has 1 saturated carbocycles. The Morgan fingerprint density at radius 1 is 1.00 bits per heavy atom. The molecule has 2 aromatic rings. The number of fused-ring (bicyclic) bond motifs is 1. The Labute approximate surface area is 166 Å². The van der Waals surface area contributed by atoms with Crippen LogP contribution >= 0.6 is 0 Å². The first-order chi connectivity index (χ1) is 13.7. The van der Waals surface area contributed by atoms with Crippen molar-refractivity contribution in [1.82, 2.24) is 9.88 Å². The molecule has 6 heteroatoms. The Hall–Kier alpha value is -2.21. The fraction of sp³-hybridized carbons (Fsp3) is 0.591. The predicted molar refractivity (Wildman–Crippen MR) is 107 cm³/mol. The molecule has 2 atom stereocenters. The number of rotatable bonds is 6. The zero-order chi connectivity index (χ0) is 19.5. The molecule has 0 bridgehead atoms. The fourth-order valence-corrected chi connectivity index (χ4v) is 4.77. The maximum absolute atomic E-state index is 5.78. The van der Waals surface area contributed by atoms with Gasteiger partial charge < -0.3 is 18.6 Å². The summed E-state index contributed by atoms with van der Waals surface area (Å²) in [5.41, 5.74) is 1.78. The van der Waals surface area contributed by atoms with Crippen molar-refractivity contribution in [3.05, 3.63) is 24.1 Å². The van der Waals surface area contributed by atoms with Crippen LogP contribution < -0.4 is 14.2 Å². The lowest BCUT2D eigenvalue weighted by Gasteiger charge is -2.41. The van der Waals surface area contributed by atoms with E-state index in [1.54, 1.807) is 27.6 Å². The smallest absolute Gasteiger partial charge is 0.226 e. The van der Waals surface area contributed by atoms with Gasteiger partial charge in [0.2, 0.25) is 11.6 Å². The van der Waals surface area contributed by atoms with Crippen molar-refractivity contribution < 1.29 is 18.6 Å². The summed E-state index contributed by atoms with van der Waals surface area (Å²) in [6, 6.07) is 3.73. The first-order valence-corrected chi connectivity index (χ1v) is 10.2. The van der Waals surface area contributed by atoms with E-state index in [0.717, 1.165) is 36.2 Å². The molecule has 0 amide bonds. The standard InChI is InChI=1S/C22H30N2O4/c1-25-19-10-17(11-20(26-2)21(19)27-3)22-23-18(14-28-22)13-24-9-8-15-6-4-5-7-16(15)12-24/h10-11,14-16H,4-9,12-13H2,1-3H3. The monoisotopic (exact) mass is 386 g/mol. The van der Waals surface area contributed by atoms with E-state index < -0.39 is 0 Å². The number of aromatic nitrogens is 1. The summed E-state index contributed by atoms with van der Waals surface area (Å²) < 4.78 is 22.0. The summed E-state index contributed by atoms with van der Waals surface area (Å²) in [5.74, 6) is 4.13. The number of likely N-dealkylation sites (tertiary alicyclic amines) is 1. The highest BCUT2D eigenvalue weighted by Gasteiger charge is 2.31. The van der Waals surface area contributed by atoms with Crippen LogP contribution in [0.4, 0.5) is 0 Å². The van der Waals surface area contributed by atoms with E-state index in [9.17, 15) is 0 Å². The minimum atomic E-state index is 0.566. The second kappa shape index (κ2) is 8.43. The molecule has 152 valence electrons. The number of nitrogens with zero attached hydrogens (tertiary/aromatic N) is 2. The molecule has 0 N–H and O–H groups in total. The van der Waals surface area contributed by atoms with E-state index in [0.29, 0.717) is 23.1 Å².